The van der Waals surface area contributed by atoms with Crippen molar-refractivity contribution in [1.29, 1.82) is 0 Å². The van der Waals surface area contributed by atoms with Gasteiger partial charge in [-0.3, -0.25) is 9.59 Å². The first kappa shape index (κ1) is 14.2. The lowest BCUT2D eigenvalue weighted by Gasteiger charge is -2.16. The molecule has 0 saturated heterocycles. The monoisotopic (exact) mass is 249 g/mol. The Morgan fingerprint density at radius 2 is 1.89 bits per heavy atom. The zero-order valence-electron chi connectivity index (χ0n) is 10.8. The van der Waals surface area contributed by atoms with Crippen LogP contribution in [0.25, 0.3) is 0 Å². The van der Waals surface area contributed by atoms with E-state index < -0.39 is 11.8 Å². The predicted octanol–water partition coefficient (Wildman–Crippen LogP) is 0.0283. The number of rotatable bonds is 4. The highest BCUT2D eigenvalue weighted by molar-refractivity contribution is 6.34. The van der Waals surface area contributed by atoms with E-state index in [9.17, 15) is 9.59 Å². The maximum absolute atomic E-state index is 11.7. The van der Waals surface area contributed by atoms with Crippen LogP contribution in [-0.4, -0.2) is 36.9 Å². The van der Waals surface area contributed by atoms with Crippen LogP contribution in [-0.2, 0) is 16.1 Å². The van der Waals surface area contributed by atoms with Crippen LogP contribution in [0.2, 0.25) is 0 Å². The number of likely N-dealkylation sites (N-methyl/N-ethyl adjacent to an activating group) is 1. The first-order chi connectivity index (χ1) is 8.54. The van der Waals surface area contributed by atoms with Crippen molar-refractivity contribution >= 4 is 11.8 Å². The molecular formula is C13H19N3O2. The molecule has 0 heterocycles. The third kappa shape index (κ3) is 4.18. The summed E-state index contributed by atoms with van der Waals surface area (Å²) in [5, 5.41) is 2.45. The molecule has 0 aromatic heterocycles. The molecule has 0 spiro atoms. The van der Waals surface area contributed by atoms with E-state index in [1.165, 1.54) is 4.90 Å². The molecule has 2 amide bonds. The van der Waals surface area contributed by atoms with Crippen LogP contribution in [0.15, 0.2) is 24.3 Å². The second-order valence-electron chi connectivity index (χ2n) is 4.19. The SMILES string of the molecule is Cc1ccc(CN(C)C(=O)C(=O)NCCN)cc1. The molecule has 0 unspecified atom stereocenters. The molecule has 0 fully saturated rings. The summed E-state index contributed by atoms with van der Waals surface area (Å²) in [6.07, 6.45) is 0. The van der Waals surface area contributed by atoms with Gasteiger partial charge < -0.3 is 16.0 Å². The largest absolute Gasteiger partial charge is 0.347 e. The summed E-state index contributed by atoms with van der Waals surface area (Å²) in [6.45, 7) is 3.04. The minimum absolute atomic E-state index is 0.308. The Morgan fingerprint density at radius 1 is 1.28 bits per heavy atom. The maximum Gasteiger partial charge on any atom is 0.311 e. The second-order valence-corrected chi connectivity index (χ2v) is 4.19. The molecule has 1 aromatic rings. The first-order valence-corrected chi connectivity index (χ1v) is 5.83. The number of hydrogen-bond donors (Lipinski definition) is 2. The molecule has 0 atom stereocenters. The summed E-state index contributed by atoms with van der Waals surface area (Å²) in [5.41, 5.74) is 7.40. The van der Waals surface area contributed by atoms with Gasteiger partial charge in [-0.1, -0.05) is 29.8 Å². The smallest absolute Gasteiger partial charge is 0.311 e. The lowest BCUT2D eigenvalue weighted by atomic mass is 10.1. The number of amides is 2. The maximum atomic E-state index is 11.7. The van der Waals surface area contributed by atoms with Crippen molar-refractivity contribution in [3.8, 4) is 0 Å². The van der Waals surface area contributed by atoms with E-state index in [1.54, 1.807) is 7.05 Å². The molecule has 0 saturated carbocycles. The Labute approximate surface area is 107 Å². The molecule has 0 bridgehead atoms. The minimum Gasteiger partial charge on any atom is -0.347 e. The van der Waals surface area contributed by atoms with Gasteiger partial charge in [-0.2, -0.15) is 0 Å². The Kier molecular flexibility index (Phi) is 5.32. The highest BCUT2D eigenvalue weighted by Gasteiger charge is 2.17. The molecule has 5 heteroatoms. The molecule has 1 rings (SSSR count). The fourth-order valence-corrected chi connectivity index (χ4v) is 1.47. The molecule has 1 aromatic carbocycles. The van der Waals surface area contributed by atoms with E-state index in [0.29, 0.717) is 19.6 Å². The number of aryl methyl sites for hydroxylation is 1. The van der Waals surface area contributed by atoms with Crippen LogP contribution in [0.1, 0.15) is 11.1 Å². The predicted molar refractivity (Wildman–Crippen MR) is 69.7 cm³/mol. The number of hydrogen-bond acceptors (Lipinski definition) is 3. The molecule has 3 N–H and O–H groups in total. The number of carbonyl (C=O) groups excluding carboxylic acids is 2. The molecule has 0 aliphatic carbocycles. The minimum atomic E-state index is -0.616. The van der Waals surface area contributed by atoms with Gasteiger partial charge in [0.15, 0.2) is 0 Å². The van der Waals surface area contributed by atoms with Gasteiger partial charge in [-0.05, 0) is 12.5 Å². The Bertz CT molecular complexity index is 415. The van der Waals surface area contributed by atoms with Gasteiger partial charge in [0, 0.05) is 26.7 Å². The number of carbonyl (C=O) groups is 2. The number of nitrogens with two attached hydrogens (primary N) is 1. The molecule has 0 aliphatic rings. The van der Waals surface area contributed by atoms with Gasteiger partial charge in [0.25, 0.3) is 0 Å². The standard InChI is InChI=1S/C13H19N3O2/c1-10-3-5-11(6-4-10)9-16(2)13(18)12(17)15-8-7-14/h3-6H,7-9,14H2,1-2H3,(H,15,17). The van der Waals surface area contributed by atoms with E-state index in [1.807, 2.05) is 31.2 Å². The molecular weight excluding hydrogens is 230 g/mol. The van der Waals surface area contributed by atoms with Gasteiger partial charge in [0.2, 0.25) is 0 Å². The molecule has 0 radical (unpaired) electrons. The van der Waals surface area contributed by atoms with Gasteiger partial charge in [-0.25, -0.2) is 0 Å². The second kappa shape index (κ2) is 6.76. The number of benzene rings is 1. The summed E-state index contributed by atoms with van der Waals surface area (Å²) < 4.78 is 0. The van der Waals surface area contributed by atoms with Crippen LogP contribution < -0.4 is 11.1 Å². The van der Waals surface area contributed by atoms with E-state index in [4.69, 9.17) is 5.73 Å². The highest BCUT2D eigenvalue weighted by Crippen LogP contribution is 2.05. The van der Waals surface area contributed by atoms with Gasteiger partial charge >= 0.3 is 11.8 Å². The van der Waals surface area contributed by atoms with Gasteiger partial charge in [0.05, 0.1) is 0 Å². The summed E-state index contributed by atoms with van der Waals surface area (Å²) in [6, 6.07) is 7.83. The van der Waals surface area contributed by atoms with E-state index in [-0.39, 0.29) is 0 Å². The van der Waals surface area contributed by atoms with Crippen molar-refractivity contribution in [3.63, 3.8) is 0 Å². The summed E-state index contributed by atoms with van der Waals surface area (Å²) in [4.78, 5) is 24.5. The highest BCUT2D eigenvalue weighted by atomic mass is 16.2. The molecule has 5 nitrogen and oxygen atoms in total. The van der Waals surface area contributed by atoms with Crippen LogP contribution in [0.4, 0.5) is 0 Å². The molecule has 0 aliphatic heterocycles. The molecule has 18 heavy (non-hydrogen) atoms. The van der Waals surface area contributed by atoms with Crippen molar-refractivity contribution < 1.29 is 9.59 Å². The Balaban J connectivity index is 2.54. The normalized spacial score (nSPS) is 9.94. The Hall–Kier alpha value is -1.88. The quantitative estimate of drug-likeness (QED) is 0.739. The average Bonchev–Trinajstić information content (AvgIpc) is 2.37. The van der Waals surface area contributed by atoms with Crippen molar-refractivity contribution in [2.24, 2.45) is 5.73 Å². The average molecular weight is 249 g/mol. The summed E-state index contributed by atoms with van der Waals surface area (Å²) in [5.74, 6) is -1.17. The van der Waals surface area contributed by atoms with Gasteiger partial charge in [-0.15, -0.1) is 0 Å². The van der Waals surface area contributed by atoms with E-state index >= 15 is 0 Å². The number of nitrogens with one attached hydrogen (secondary N) is 1. The van der Waals surface area contributed by atoms with E-state index in [0.717, 1.165) is 11.1 Å². The first-order valence-electron chi connectivity index (χ1n) is 5.83. The zero-order chi connectivity index (χ0) is 13.5. The van der Waals surface area contributed by atoms with Gasteiger partial charge in [0.1, 0.15) is 0 Å². The summed E-state index contributed by atoms with van der Waals surface area (Å²) >= 11 is 0. The van der Waals surface area contributed by atoms with Crippen molar-refractivity contribution in [2.45, 2.75) is 13.5 Å². The van der Waals surface area contributed by atoms with E-state index in [2.05, 4.69) is 5.32 Å². The Morgan fingerprint density at radius 3 is 2.44 bits per heavy atom. The third-order valence-corrected chi connectivity index (χ3v) is 2.51. The van der Waals surface area contributed by atoms with Crippen LogP contribution in [0, 0.1) is 6.92 Å². The lowest BCUT2D eigenvalue weighted by molar-refractivity contribution is -0.145. The van der Waals surface area contributed by atoms with Crippen molar-refractivity contribution in [2.75, 3.05) is 20.1 Å². The van der Waals surface area contributed by atoms with Crippen molar-refractivity contribution in [1.82, 2.24) is 10.2 Å². The lowest BCUT2D eigenvalue weighted by Crippen LogP contribution is -2.42. The molecule has 98 valence electrons. The summed E-state index contributed by atoms with van der Waals surface area (Å²) in [7, 11) is 1.60. The van der Waals surface area contributed by atoms with Crippen LogP contribution >= 0.6 is 0 Å². The number of nitrogens with zero attached hydrogens (tertiary/aromatic N) is 1. The fourth-order valence-electron chi connectivity index (χ4n) is 1.47. The third-order valence-electron chi connectivity index (χ3n) is 2.51. The van der Waals surface area contributed by atoms with Crippen LogP contribution in [0.3, 0.4) is 0 Å². The van der Waals surface area contributed by atoms with Crippen LogP contribution in [0.5, 0.6) is 0 Å². The van der Waals surface area contributed by atoms with Crippen molar-refractivity contribution in [3.05, 3.63) is 35.4 Å². The topological polar surface area (TPSA) is 75.4 Å². The zero-order valence-corrected chi connectivity index (χ0v) is 10.8. The fraction of sp³-hybridized carbons (Fsp3) is 0.385.